The lowest BCUT2D eigenvalue weighted by Gasteiger charge is -2.08. The van der Waals surface area contributed by atoms with Crippen LogP contribution in [0.25, 0.3) is 22.6 Å². The van der Waals surface area contributed by atoms with E-state index in [1.54, 1.807) is 6.20 Å². The Balaban J connectivity index is 1.78. The van der Waals surface area contributed by atoms with Gasteiger partial charge in [0, 0.05) is 41.5 Å². The van der Waals surface area contributed by atoms with Crippen LogP contribution in [0.1, 0.15) is 26.7 Å². The van der Waals surface area contributed by atoms with E-state index in [2.05, 4.69) is 20.6 Å². The van der Waals surface area contributed by atoms with E-state index in [0.717, 1.165) is 28.2 Å². The molecule has 28 heavy (non-hydrogen) atoms. The molecule has 6 heteroatoms. The lowest BCUT2D eigenvalue weighted by atomic mass is 10.1. The lowest BCUT2D eigenvalue weighted by molar-refractivity contribution is -0.116. The Labute approximate surface area is 164 Å². The number of aromatic nitrogens is 2. The first-order valence-electron chi connectivity index (χ1n) is 9.22. The Bertz CT molecular complexity index is 890. The van der Waals surface area contributed by atoms with Gasteiger partial charge in [0.25, 0.3) is 0 Å². The fourth-order valence-electron chi connectivity index (χ4n) is 2.58. The van der Waals surface area contributed by atoms with Gasteiger partial charge in [-0.2, -0.15) is 0 Å². The van der Waals surface area contributed by atoms with Crippen LogP contribution >= 0.6 is 0 Å². The first-order chi connectivity index (χ1) is 13.6. The molecule has 0 radical (unpaired) electrons. The molecule has 1 aromatic heterocycles. The predicted octanol–water partition coefficient (Wildman–Crippen LogP) is 4.51. The van der Waals surface area contributed by atoms with Crippen LogP contribution in [0.5, 0.6) is 0 Å². The van der Waals surface area contributed by atoms with E-state index in [1.165, 1.54) is 0 Å². The van der Waals surface area contributed by atoms with E-state index in [4.69, 9.17) is 0 Å². The molecule has 6 nitrogen and oxygen atoms in total. The van der Waals surface area contributed by atoms with Crippen molar-refractivity contribution in [3.05, 3.63) is 60.8 Å². The predicted molar refractivity (Wildman–Crippen MR) is 111 cm³/mol. The van der Waals surface area contributed by atoms with Gasteiger partial charge in [0.1, 0.15) is 0 Å². The monoisotopic (exact) mass is 374 g/mol. The van der Waals surface area contributed by atoms with Crippen LogP contribution in [0.2, 0.25) is 0 Å². The average molecular weight is 374 g/mol. The minimum atomic E-state index is -0.0235. The number of nitrogens with zero attached hydrogens (tertiary/aromatic N) is 2. The van der Waals surface area contributed by atoms with Gasteiger partial charge in [-0.05, 0) is 42.5 Å². The Morgan fingerprint density at radius 1 is 0.750 bits per heavy atom. The molecule has 0 saturated heterocycles. The largest absolute Gasteiger partial charge is 0.326 e. The lowest BCUT2D eigenvalue weighted by Crippen LogP contribution is -2.09. The van der Waals surface area contributed by atoms with E-state index in [9.17, 15) is 9.59 Å². The number of carbonyl (C=O) groups is 2. The van der Waals surface area contributed by atoms with Crippen molar-refractivity contribution >= 4 is 23.2 Å². The van der Waals surface area contributed by atoms with Gasteiger partial charge < -0.3 is 10.6 Å². The van der Waals surface area contributed by atoms with Gasteiger partial charge in [-0.3, -0.25) is 9.59 Å². The quantitative estimate of drug-likeness (QED) is 0.665. The highest BCUT2D eigenvalue weighted by atomic mass is 16.2. The average Bonchev–Trinajstić information content (AvgIpc) is 2.74. The number of anilines is 2. The molecule has 0 fully saturated rings. The maximum Gasteiger partial charge on any atom is 0.224 e. The number of nitrogens with one attached hydrogen (secondary N) is 2. The molecular weight excluding hydrogens is 352 g/mol. The van der Waals surface area contributed by atoms with Crippen molar-refractivity contribution in [2.24, 2.45) is 0 Å². The van der Waals surface area contributed by atoms with Gasteiger partial charge in [0.15, 0.2) is 5.82 Å². The third-order valence-electron chi connectivity index (χ3n) is 4.19. The van der Waals surface area contributed by atoms with Crippen molar-refractivity contribution in [3.8, 4) is 22.6 Å². The van der Waals surface area contributed by atoms with Crippen molar-refractivity contribution < 1.29 is 9.59 Å². The molecule has 0 unspecified atom stereocenters. The van der Waals surface area contributed by atoms with E-state index in [0.29, 0.717) is 18.7 Å². The second-order valence-electron chi connectivity index (χ2n) is 6.22. The Morgan fingerprint density at radius 2 is 1.25 bits per heavy atom. The normalized spacial score (nSPS) is 10.4. The van der Waals surface area contributed by atoms with Crippen molar-refractivity contribution in [1.82, 2.24) is 9.97 Å². The molecule has 0 saturated carbocycles. The first-order valence-corrected chi connectivity index (χ1v) is 9.22. The zero-order chi connectivity index (χ0) is 19.9. The fourth-order valence-corrected chi connectivity index (χ4v) is 2.58. The van der Waals surface area contributed by atoms with Crippen LogP contribution in [0.3, 0.4) is 0 Å². The summed E-state index contributed by atoms with van der Waals surface area (Å²) in [6, 6.07) is 16.8. The summed E-state index contributed by atoms with van der Waals surface area (Å²) in [5.74, 6) is 0.564. The van der Waals surface area contributed by atoms with E-state index in [-0.39, 0.29) is 11.8 Å². The van der Waals surface area contributed by atoms with Crippen molar-refractivity contribution in [2.75, 3.05) is 10.6 Å². The topological polar surface area (TPSA) is 84.0 Å². The van der Waals surface area contributed by atoms with Crippen LogP contribution in [0, 0.1) is 0 Å². The maximum absolute atomic E-state index is 11.5. The summed E-state index contributed by atoms with van der Waals surface area (Å²) in [7, 11) is 0. The van der Waals surface area contributed by atoms with Gasteiger partial charge in [0.2, 0.25) is 11.8 Å². The summed E-state index contributed by atoms with van der Waals surface area (Å²) in [5, 5.41) is 5.65. The molecule has 0 aliphatic heterocycles. The molecule has 3 aromatic rings. The number of hydrogen-bond donors (Lipinski definition) is 2. The Morgan fingerprint density at radius 3 is 1.75 bits per heavy atom. The Hall–Kier alpha value is -3.54. The van der Waals surface area contributed by atoms with Gasteiger partial charge in [-0.25, -0.2) is 9.97 Å². The van der Waals surface area contributed by atoms with Crippen LogP contribution in [-0.2, 0) is 9.59 Å². The molecule has 2 N–H and O–H groups in total. The molecule has 142 valence electrons. The third-order valence-corrected chi connectivity index (χ3v) is 4.19. The Kier molecular flexibility index (Phi) is 6.11. The second-order valence-corrected chi connectivity index (χ2v) is 6.22. The van der Waals surface area contributed by atoms with Crippen molar-refractivity contribution in [3.63, 3.8) is 0 Å². The molecule has 0 aliphatic carbocycles. The molecule has 3 rings (SSSR count). The molecular formula is C22H22N4O2. The summed E-state index contributed by atoms with van der Waals surface area (Å²) in [5.41, 5.74) is 4.10. The van der Waals surface area contributed by atoms with E-state index >= 15 is 0 Å². The van der Waals surface area contributed by atoms with Gasteiger partial charge in [-0.15, -0.1) is 0 Å². The van der Waals surface area contributed by atoms with Gasteiger partial charge >= 0.3 is 0 Å². The van der Waals surface area contributed by atoms with Crippen molar-refractivity contribution in [1.29, 1.82) is 0 Å². The summed E-state index contributed by atoms with van der Waals surface area (Å²) < 4.78 is 0. The highest BCUT2D eigenvalue weighted by molar-refractivity contribution is 5.91. The maximum atomic E-state index is 11.5. The highest BCUT2D eigenvalue weighted by Gasteiger charge is 2.07. The standard InChI is InChI=1S/C22H22N4O2/c1-3-20(27)24-17-9-5-15(6-10-17)19-13-14-23-22(26-19)16-7-11-18(12-8-16)25-21(28)4-2/h5-14H,3-4H2,1-2H3,(H,24,27)(H,25,28). The van der Waals surface area contributed by atoms with Crippen LogP contribution in [-0.4, -0.2) is 21.8 Å². The van der Waals surface area contributed by atoms with Gasteiger partial charge in [-0.1, -0.05) is 26.0 Å². The zero-order valence-corrected chi connectivity index (χ0v) is 15.9. The van der Waals surface area contributed by atoms with E-state index < -0.39 is 0 Å². The molecule has 0 spiro atoms. The van der Waals surface area contributed by atoms with Crippen LogP contribution < -0.4 is 10.6 Å². The molecule has 0 bridgehead atoms. The molecule has 2 aromatic carbocycles. The third kappa shape index (κ3) is 4.79. The number of carbonyl (C=O) groups excluding carboxylic acids is 2. The number of hydrogen-bond acceptors (Lipinski definition) is 4. The van der Waals surface area contributed by atoms with Crippen molar-refractivity contribution in [2.45, 2.75) is 26.7 Å². The second kappa shape index (κ2) is 8.90. The number of rotatable bonds is 6. The van der Waals surface area contributed by atoms with Gasteiger partial charge in [0.05, 0.1) is 5.69 Å². The van der Waals surface area contributed by atoms with E-state index in [1.807, 2.05) is 68.4 Å². The summed E-state index contributed by atoms with van der Waals surface area (Å²) in [4.78, 5) is 32.0. The summed E-state index contributed by atoms with van der Waals surface area (Å²) in [6.45, 7) is 3.63. The molecule has 0 aliphatic rings. The summed E-state index contributed by atoms with van der Waals surface area (Å²) in [6.07, 6.45) is 2.60. The highest BCUT2D eigenvalue weighted by Crippen LogP contribution is 2.23. The van der Waals surface area contributed by atoms with Crippen LogP contribution in [0.15, 0.2) is 60.8 Å². The number of amides is 2. The molecule has 0 atom stereocenters. The SMILES string of the molecule is CCC(=O)Nc1ccc(-c2ccnc(-c3ccc(NC(=O)CC)cc3)n2)cc1. The number of benzene rings is 2. The molecule has 1 heterocycles. The summed E-state index contributed by atoms with van der Waals surface area (Å²) >= 11 is 0. The zero-order valence-electron chi connectivity index (χ0n) is 15.9. The minimum absolute atomic E-state index is 0.0179. The van der Waals surface area contributed by atoms with Crippen LogP contribution in [0.4, 0.5) is 11.4 Å². The first kappa shape index (κ1) is 19.2. The smallest absolute Gasteiger partial charge is 0.224 e. The minimum Gasteiger partial charge on any atom is -0.326 e. The fraction of sp³-hybridized carbons (Fsp3) is 0.182. The molecule has 2 amide bonds.